The SMILES string of the molecule is COc1cc(C(=O)c2c[nH]c3ncccc23)ccc1OCc1ccc(C)c(C(F)(F)F)c1. The number of aryl methyl sites for hydroxylation is 1. The van der Waals surface area contributed by atoms with Gasteiger partial charge in [-0.05, 0) is 54.4 Å². The molecule has 0 bridgehead atoms. The van der Waals surface area contributed by atoms with Gasteiger partial charge in [-0.25, -0.2) is 4.98 Å². The summed E-state index contributed by atoms with van der Waals surface area (Å²) >= 11 is 0. The fourth-order valence-electron chi connectivity index (χ4n) is 3.45. The number of carbonyl (C=O) groups excluding carboxylic acids is 1. The van der Waals surface area contributed by atoms with Crippen LogP contribution in [0, 0.1) is 6.92 Å². The lowest BCUT2D eigenvalue weighted by Crippen LogP contribution is -2.09. The third kappa shape index (κ3) is 4.16. The minimum Gasteiger partial charge on any atom is -0.493 e. The van der Waals surface area contributed by atoms with Crippen molar-refractivity contribution in [1.82, 2.24) is 9.97 Å². The van der Waals surface area contributed by atoms with E-state index in [0.29, 0.717) is 39.2 Å². The molecule has 0 unspecified atom stereocenters. The first-order chi connectivity index (χ1) is 15.3. The third-order valence-electron chi connectivity index (χ3n) is 5.12. The van der Waals surface area contributed by atoms with Crippen molar-refractivity contribution in [2.75, 3.05) is 7.11 Å². The number of ketones is 1. The van der Waals surface area contributed by atoms with Gasteiger partial charge < -0.3 is 14.5 Å². The average Bonchev–Trinajstić information content (AvgIpc) is 3.21. The van der Waals surface area contributed by atoms with Crippen molar-refractivity contribution < 1.29 is 27.4 Å². The summed E-state index contributed by atoms with van der Waals surface area (Å²) in [5, 5.41) is 0.705. The third-order valence-corrected chi connectivity index (χ3v) is 5.12. The van der Waals surface area contributed by atoms with Gasteiger partial charge in [0.1, 0.15) is 12.3 Å². The Morgan fingerprint density at radius 2 is 1.91 bits per heavy atom. The Hall–Kier alpha value is -3.81. The van der Waals surface area contributed by atoms with Crippen LogP contribution in [0.3, 0.4) is 0 Å². The van der Waals surface area contributed by atoms with Gasteiger partial charge >= 0.3 is 6.18 Å². The molecule has 0 atom stereocenters. The number of hydrogen-bond donors (Lipinski definition) is 1. The average molecular weight is 440 g/mol. The molecule has 0 radical (unpaired) electrons. The van der Waals surface area contributed by atoms with Gasteiger partial charge in [0.25, 0.3) is 0 Å². The molecule has 0 spiro atoms. The van der Waals surface area contributed by atoms with E-state index in [1.165, 1.54) is 20.1 Å². The molecule has 4 aromatic rings. The Morgan fingerprint density at radius 3 is 2.66 bits per heavy atom. The fraction of sp³-hybridized carbons (Fsp3) is 0.167. The Labute approximate surface area is 181 Å². The monoisotopic (exact) mass is 440 g/mol. The van der Waals surface area contributed by atoms with E-state index in [1.54, 1.807) is 48.8 Å². The predicted octanol–water partition coefficient (Wildman–Crippen LogP) is 5.71. The maximum atomic E-state index is 13.1. The zero-order valence-electron chi connectivity index (χ0n) is 17.3. The molecule has 8 heteroatoms. The van der Waals surface area contributed by atoms with Gasteiger partial charge in [-0.2, -0.15) is 13.2 Å². The number of aromatic amines is 1. The molecule has 0 amide bonds. The molecule has 2 heterocycles. The van der Waals surface area contributed by atoms with E-state index in [0.717, 1.165) is 6.07 Å². The van der Waals surface area contributed by atoms with Crippen LogP contribution in [-0.4, -0.2) is 22.9 Å². The van der Waals surface area contributed by atoms with Gasteiger partial charge in [-0.1, -0.05) is 12.1 Å². The first kappa shape index (κ1) is 21.4. The number of aromatic nitrogens is 2. The second-order valence-electron chi connectivity index (χ2n) is 7.23. The van der Waals surface area contributed by atoms with Crippen LogP contribution in [0.4, 0.5) is 13.2 Å². The standard InChI is InChI=1S/C24H19F3N2O3/c1-14-5-6-15(10-19(14)24(25,26)27)13-32-20-8-7-16(11-21(20)31-2)22(30)18-12-29-23-17(18)4-3-9-28-23/h3-12H,13H2,1-2H3,(H,28,29). The number of H-pyrrole nitrogens is 1. The van der Waals surface area contributed by atoms with Crippen molar-refractivity contribution in [3.63, 3.8) is 0 Å². The number of rotatable bonds is 6. The molecule has 32 heavy (non-hydrogen) atoms. The molecule has 0 saturated heterocycles. The minimum absolute atomic E-state index is 0.0822. The summed E-state index contributed by atoms with van der Waals surface area (Å²) in [4.78, 5) is 20.1. The number of hydrogen-bond acceptors (Lipinski definition) is 4. The number of benzene rings is 2. The number of ether oxygens (including phenoxy) is 2. The van der Waals surface area contributed by atoms with Crippen LogP contribution in [0.5, 0.6) is 11.5 Å². The summed E-state index contributed by atoms with van der Waals surface area (Å²) < 4.78 is 50.5. The van der Waals surface area contributed by atoms with Crippen molar-refractivity contribution >= 4 is 16.8 Å². The normalized spacial score (nSPS) is 11.5. The number of nitrogens with zero attached hydrogens (tertiary/aromatic N) is 1. The molecule has 0 aliphatic rings. The van der Waals surface area contributed by atoms with Crippen molar-refractivity contribution in [1.29, 1.82) is 0 Å². The highest BCUT2D eigenvalue weighted by Crippen LogP contribution is 2.34. The molecule has 4 rings (SSSR count). The number of nitrogens with one attached hydrogen (secondary N) is 1. The number of fused-ring (bicyclic) bond motifs is 1. The molecule has 2 aromatic carbocycles. The van der Waals surface area contributed by atoms with Gasteiger partial charge in [0.15, 0.2) is 17.3 Å². The van der Waals surface area contributed by atoms with E-state index < -0.39 is 11.7 Å². The number of carbonyl (C=O) groups is 1. The molecule has 0 fully saturated rings. The lowest BCUT2D eigenvalue weighted by molar-refractivity contribution is -0.138. The van der Waals surface area contributed by atoms with Crippen molar-refractivity contribution in [2.45, 2.75) is 19.7 Å². The molecule has 0 saturated carbocycles. The smallest absolute Gasteiger partial charge is 0.416 e. The summed E-state index contributed by atoms with van der Waals surface area (Å²) in [7, 11) is 1.43. The molecular formula is C24H19F3N2O3. The van der Waals surface area contributed by atoms with Gasteiger partial charge in [-0.3, -0.25) is 4.79 Å². The van der Waals surface area contributed by atoms with Crippen LogP contribution in [0.1, 0.15) is 32.6 Å². The van der Waals surface area contributed by atoms with E-state index in [9.17, 15) is 18.0 Å². The molecule has 0 aliphatic carbocycles. The van der Waals surface area contributed by atoms with Crippen molar-refractivity contribution in [3.8, 4) is 11.5 Å². The fourth-order valence-corrected chi connectivity index (χ4v) is 3.45. The van der Waals surface area contributed by atoms with Gasteiger partial charge in [0.2, 0.25) is 0 Å². The summed E-state index contributed by atoms with van der Waals surface area (Å²) in [6.07, 6.45) is -1.20. The van der Waals surface area contributed by atoms with Crippen LogP contribution in [0.2, 0.25) is 0 Å². The van der Waals surface area contributed by atoms with Gasteiger partial charge in [-0.15, -0.1) is 0 Å². The maximum absolute atomic E-state index is 13.1. The first-order valence-corrected chi connectivity index (χ1v) is 9.72. The van der Waals surface area contributed by atoms with Crippen LogP contribution in [0.15, 0.2) is 60.9 Å². The van der Waals surface area contributed by atoms with Crippen LogP contribution in [0.25, 0.3) is 11.0 Å². The zero-order chi connectivity index (χ0) is 22.9. The Balaban J connectivity index is 1.56. The molecule has 1 N–H and O–H groups in total. The first-order valence-electron chi connectivity index (χ1n) is 9.72. The van der Waals surface area contributed by atoms with Crippen LogP contribution < -0.4 is 9.47 Å². The Bertz CT molecular complexity index is 1300. The van der Waals surface area contributed by atoms with Crippen LogP contribution in [-0.2, 0) is 12.8 Å². The Kier molecular flexibility index (Phi) is 5.61. The van der Waals surface area contributed by atoms with Gasteiger partial charge in [0, 0.05) is 28.9 Å². The summed E-state index contributed by atoms with van der Waals surface area (Å²) in [6.45, 7) is 1.33. The minimum atomic E-state index is -4.43. The Morgan fingerprint density at radius 1 is 1.09 bits per heavy atom. The highest BCUT2D eigenvalue weighted by atomic mass is 19.4. The molecule has 5 nitrogen and oxygen atoms in total. The quantitative estimate of drug-likeness (QED) is 0.390. The number of halogens is 3. The number of methoxy groups -OCH3 is 1. The van der Waals surface area contributed by atoms with E-state index in [-0.39, 0.29) is 18.0 Å². The van der Waals surface area contributed by atoms with E-state index in [1.807, 2.05) is 0 Å². The summed E-state index contributed by atoms with van der Waals surface area (Å²) in [6, 6.07) is 12.3. The predicted molar refractivity (Wildman–Crippen MR) is 113 cm³/mol. The van der Waals surface area contributed by atoms with E-state index >= 15 is 0 Å². The van der Waals surface area contributed by atoms with Crippen molar-refractivity contribution in [3.05, 3.63) is 88.7 Å². The number of alkyl halides is 3. The highest BCUT2D eigenvalue weighted by Gasteiger charge is 2.32. The molecule has 2 aromatic heterocycles. The highest BCUT2D eigenvalue weighted by molar-refractivity contribution is 6.16. The maximum Gasteiger partial charge on any atom is 0.416 e. The molecular weight excluding hydrogens is 421 g/mol. The van der Waals surface area contributed by atoms with E-state index in [4.69, 9.17) is 9.47 Å². The number of pyridine rings is 1. The molecule has 0 aliphatic heterocycles. The topological polar surface area (TPSA) is 64.2 Å². The largest absolute Gasteiger partial charge is 0.493 e. The van der Waals surface area contributed by atoms with Gasteiger partial charge in [0.05, 0.1) is 12.7 Å². The lowest BCUT2D eigenvalue weighted by atomic mass is 10.0. The second-order valence-corrected chi connectivity index (χ2v) is 7.23. The zero-order valence-corrected chi connectivity index (χ0v) is 17.3. The summed E-state index contributed by atoms with van der Waals surface area (Å²) in [5.41, 5.74) is 1.29. The van der Waals surface area contributed by atoms with Crippen LogP contribution >= 0.6 is 0 Å². The second kappa shape index (κ2) is 8.37. The summed E-state index contributed by atoms with van der Waals surface area (Å²) in [5.74, 6) is 0.401. The molecule has 164 valence electrons. The van der Waals surface area contributed by atoms with Crippen molar-refractivity contribution in [2.24, 2.45) is 0 Å². The lowest BCUT2D eigenvalue weighted by Gasteiger charge is -2.14. The van der Waals surface area contributed by atoms with E-state index in [2.05, 4.69) is 9.97 Å².